The SMILES string of the molecule is O=C(CN1C(=O)[C@H]2CC=CC[C@@H]2C1=O)Nc1nc(-c2ccc(F)c(F)c2)cs1. The van der Waals surface area contributed by atoms with Gasteiger partial charge >= 0.3 is 0 Å². The Morgan fingerprint density at radius 3 is 2.46 bits per heavy atom. The summed E-state index contributed by atoms with van der Waals surface area (Å²) in [4.78, 5) is 42.3. The molecule has 2 aliphatic rings. The van der Waals surface area contributed by atoms with Crippen LogP contribution >= 0.6 is 11.3 Å². The van der Waals surface area contributed by atoms with Gasteiger partial charge in [-0.15, -0.1) is 11.3 Å². The number of carbonyl (C=O) groups excluding carboxylic acids is 3. The van der Waals surface area contributed by atoms with E-state index in [0.29, 0.717) is 24.1 Å². The highest BCUT2D eigenvalue weighted by Crippen LogP contribution is 2.35. The Morgan fingerprint density at radius 2 is 1.82 bits per heavy atom. The van der Waals surface area contributed by atoms with Crippen LogP contribution in [0.2, 0.25) is 0 Å². The zero-order chi connectivity index (χ0) is 19.8. The largest absolute Gasteiger partial charge is 0.300 e. The number of thiazole rings is 1. The topological polar surface area (TPSA) is 79.4 Å². The number of nitrogens with zero attached hydrogens (tertiary/aromatic N) is 2. The van der Waals surface area contributed by atoms with Crippen molar-refractivity contribution in [3.8, 4) is 11.3 Å². The maximum Gasteiger partial charge on any atom is 0.246 e. The first-order valence-electron chi connectivity index (χ1n) is 8.65. The van der Waals surface area contributed by atoms with Gasteiger partial charge in [-0.05, 0) is 31.0 Å². The Morgan fingerprint density at radius 1 is 1.14 bits per heavy atom. The summed E-state index contributed by atoms with van der Waals surface area (Å²) in [5.41, 5.74) is 0.752. The number of imide groups is 1. The molecule has 0 radical (unpaired) electrons. The van der Waals surface area contributed by atoms with Gasteiger partial charge in [-0.25, -0.2) is 13.8 Å². The number of benzene rings is 1. The highest BCUT2D eigenvalue weighted by Gasteiger charge is 2.47. The van der Waals surface area contributed by atoms with Crippen LogP contribution in [0.4, 0.5) is 13.9 Å². The van der Waals surface area contributed by atoms with Gasteiger partial charge in [0.05, 0.1) is 17.5 Å². The third-order valence-electron chi connectivity index (χ3n) is 4.87. The van der Waals surface area contributed by atoms with Crippen molar-refractivity contribution in [2.24, 2.45) is 11.8 Å². The second-order valence-electron chi connectivity index (χ2n) is 6.63. The highest BCUT2D eigenvalue weighted by atomic mass is 32.1. The first-order valence-corrected chi connectivity index (χ1v) is 9.53. The van der Waals surface area contributed by atoms with Crippen LogP contribution < -0.4 is 5.32 Å². The summed E-state index contributed by atoms with van der Waals surface area (Å²) in [5.74, 6) is -3.90. The fourth-order valence-electron chi connectivity index (χ4n) is 3.45. The Labute approximate surface area is 162 Å². The number of aromatic nitrogens is 1. The Bertz CT molecular complexity index is 978. The van der Waals surface area contributed by atoms with Gasteiger partial charge in [0.25, 0.3) is 0 Å². The Hall–Kier alpha value is -2.94. The number of likely N-dealkylation sites (tertiary alicyclic amines) is 1. The molecule has 4 rings (SSSR count). The van der Waals surface area contributed by atoms with Gasteiger partial charge in [0.15, 0.2) is 16.8 Å². The maximum atomic E-state index is 13.4. The molecule has 144 valence electrons. The number of hydrogen-bond acceptors (Lipinski definition) is 5. The molecule has 6 nitrogen and oxygen atoms in total. The summed E-state index contributed by atoms with van der Waals surface area (Å²) in [6.07, 6.45) is 4.78. The smallest absolute Gasteiger partial charge is 0.246 e. The van der Waals surface area contributed by atoms with Crippen LogP contribution in [0.15, 0.2) is 35.7 Å². The maximum absolute atomic E-state index is 13.4. The number of amides is 3. The minimum Gasteiger partial charge on any atom is -0.300 e. The Kier molecular flexibility index (Phi) is 4.76. The van der Waals surface area contributed by atoms with Gasteiger partial charge in [-0.3, -0.25) is 19.3 Å². The van der Waals surface area contributed by atoms with E-state index in [1.807, 2.05) is 12.2 Å². The van der Waals surface area contributed by atoms with E-state index in [4.69, 9.17) is 0 Å². The van der Waals surface area contributed by atoms with Gasteiger partial charge in [-0.1, -0.05) is 12.2 Å². The highest BCUT2D eigenvalue weighted by molar-refractivity contribution is 7.14. The molecule has 1 aromatic heterocycles. The number of fused-ring (bicyclic) bond motifs is 1. The molecule has 1 fully saturated rings. The first kappa shape index (κ1) is 18.4. The lowest BCUT2D eigenvalue weighted by Gasteiger charge is -2.14. The molecule has 2 aromatic rings. The second kappa shape index (κ2) is 7.23. The van der Waals surface area contributed by atoms with Gasteiger partial charge in [0, 0.05) is 10.9 Å². The van der Waals surface area contributed by atoms with Crippen LogP contribution in [-0.2, 0) is 14.4 Å². The second-order valence-corrected chi connectivity index (χ2v) is 7.49. The monoisotopic (exact) mass is 403 g/mol. The number of rotatable bonds is 4. The van der Waals surface area contributed by atoms with Crippen molar-refractivity contribution in [3.05, 3.63) is 47.4 Å². The average Bonchev–Trinajstić information content (AvgIpc) is 3.23. The standard InChI is InChI=1S/C19H15F2N3O3S/c20-13-6-5-10(7-14(13)21)15-9-28-19(22-15)23-16(25)8-24-17(26)11-3-1-2-4-12(11)18(24)27/h1-2,5-7,9,11-12H,3-4,8H2,(H,22,23,25)/t11-,12-/m0/s1. The number of allylic oxidation sites excluding steroid dienone is 2. The zero-order valence-electron chi connectivity index (χ0n) is 14.5. The molecular formula is C19H15F2N3O3S. The molecule has 0 spiro atoms. The third-order valence-corrected chi connectivity index (χ3v) is 5.62. The lowest BCUT2D eigenvalue weighted by Crippen LogP contribution is -2.38. The van der Waals surface area contributed by atoms with Gasteiger partial charge < -0.3 is 5.32 Å². The van der Waals surface area contributed by atoms with Crippen LogP contribution in [0.3, 0.4) is 0 Å². The van der Waals surface area contributed by atoms with Crippen molar-refractivity contribution in [1.82, 2.24) is 9.88 Å². The molecule has 9 heteroatoms. The first-order chi connectivity index (χ1) is 13.4. The van der Waals surface area contributed by atoms with Crippen LogP contribution in [0.5, 0.6) is 0 Å². The molecule has 0 unspecified atom stereocenters. The molecule has 1 saturated heterocycles. The van der Waals surface area contributed by atoms with Crippen molar-refractivity contribution in [1.29, 1.82) is 0 Å². The van der Waals surface area contributed by atoms with E-state index in [9.17, 15) is 23.2 Å². The minimum atomic E-state index is -0.988. The molecule has 2 heterocycles. The normalized spacial score (nSPS) is 21.1. The number of carbonyl (C=O) groups is 3. The summed E-state index contributed by atoms with van der Waals surface area (Å²) < 4.78 is 26.4. The van der Waals surface area contributed by atoms with Gasteiger partial charge in [0.2, 0.25) is 17.7 Å². The summed E-state index contributed by atoms with van der Waals surface area (Å²) >= 11 is 1.10. The van der Waals surface area contributed by atoms with E-state index in [1.165, 1.54) is 6.07 Å². The fraction of sp³-hybridized carbons (Fsp3) is 0.263. The van der Waals surface area contributed by atoms with E-state index >= 15 is 0 Å². The van der Waals surface area contributed by atoms with Crippen molar-refractivity contribution in [2.75, 3.05) is 11.9 Å². The van der Waals surface area contributed by atoms with Crippen LogP contribution in [0, 0.1) is 23.5 Å². The predicted octanol–water partition coefficient (Wildman–Crippen LogP) is 2.98. The fourth-order valence-corrected chi connectivity index (χ4v) is 4.18. The number of anilines is 1. The number of nitrogens with one attached hydrogen (secondary N) is 1. The molecule has 0 bridgehead atoms. The van der Waals surface area contributed by atoms with E-state index in [2.05, 4.69) is 10.3 Å². The minimum absolute atomic E-state index is 0.239. The molecule has 1 aromatic carbocycles. The quantitative estimate of drug-likeness (QED) is 0.629. The average molecular weight is 403 g/mol. The predicted molar refractivity (Wildman–Crippen MR) is 98.2 cm³/mol. The van der Waals surface area contributed by atoms with Crippen molar-refractivity contribution < 1.29 is 23.2 Å². The number of hydrogen-bond donors (Lipinski definition) is 1. The van der Waals surface area contributed by atoms with Crippen LogP contribution in [0.1, 0.15) is 12.8 Å². The van der Waals surface area contributed by atoms with Crippen molar-refractivity contribution in [2.45, 2.75) is 12.8 Å². The molecule has 2 atom stereocenters. The molecule has 1 N–H and O–H groups in total. The Balaban J connectivity index is 1.42. The summed E-state index contributed by atoms with van der Waals surface area (Å²) in [6, 6.07) is 3.41. The van der Waals surface area contributed by atoms with E-state index < -0.39 is 17.5 Å². The van der Waals surface area contributed by atoms with Gasteiger partial charge in [-0.2, -0.15) is 0 Å². The molecule has 0 saturated carbocycles. The molecule has 28 heavy (non-hydrogen) atoms. The third kappa shape index (κ3) is 3.33. The van der Waals surface area contributed by atoms with E-state index in [0.717, 1.165) is 28.4 Å². The lowest BCUT2D eigenvalue weighted by atomic mass is 9.85. The van der Waals surface area contributed by atoms with Crippen molar-refractivity contribution >= 4 is 34.2 Å². The lowest BCUT2D eigenvalue weighted by molar-refractivity contribution is -0.142. The van der Waals surface area contributed by atoms with E-state index in [-0.39, 0.29) is 35.3 Å². The van der Waals surface area contributed by atoms with Crippen molar-refractivity contribution in [3.63, 3.8) is 0 Å². The molecule has 1 aliphatic carbocycles. The molecular weight excluding hydrogens is 388 g/mol. The van der Waals surface area contributed by atoms with E-state index in [1.54, 1.807) is 5.38 Å². The zero-order valence-corrected chi connectivity index (χ0v) is 15.3. The molecule has 3 amide bonds. The van der Waals surface area contributed by atoms with Gasteiger partial charge in [0.1, 0.15) is 6.54 Å². The molecule has 1 aliphatic heterocycles. The summed E-state index contributed by atoms with van der Waals surface area (Å²) in [7, 11) is 0. The summed E-state index contributed by atoms with van der Waals surface area (Å²) in [5, 5.41) is 4.38. The number of halogens is 2. The van der Waals surface area contributed by atoms with Crippen LogP contribution in [0.25, 0.3) is 11.3 Å². The van der Waals surface area contributed by atoms with Crippen LogP contribution in [-0.4, -0.2) is 34.2 Å². The summed E-state index contributed by atoms with van der Waals surface area (Å²) in [6.45, 7) is -0.370.